The minimum absolute atomic E-state index is 0.0186. The van der Waals surface area contributed by atoms with Crippen LogP contribution in [0.25, 0.3) is 33.7 Å². The molecule has 300 valence electrons. The van der Waals surface area contributed by atoms with Crippen molar-refractivity contribution in [3.8, 4) is 40.4 Å². The molecular formula is C43H42F3N7O5. The second-order valence-corrected chi connectivity index (χ2v) is 15.6. The Balaban J connectivity index is 0.999. The van der Waals surface area contributed by atoms with E-state index in [2.05, 4.69) is 31.6 Å². The number of aliphatic hydroxyl groups excluding tert-OH is 1. The molecule has 1 amide bonds. The van der Waals surface area contributed by atoms with Crippen molar-refractivity contribution in [3.05, 3.63) is 87.2 Å². The summed E-state index contributed by atoms with van der Waals surface area (Å²) in [7, 11) is 1.32. The number of aromatic nitrogens is 3. The third-order valence-electron chi connectivity index (χ3n) is 12.1. The van der Waals surface area contributed by atoms with Gasteiger partial charge >= 0.3 is 6.18 Å². The highest BCUT2D eigenvalue weighted by Gasteiger charge is 2.41. The molecule has 2 aliphatic heterocycles. The number of hydrogen-bond acceptors (Lipinski definition) is 11. The summed E-state index contributed by atoms with van der Waals surface area (Å²) < 4.78 is 61.3. The number of carbonyl (C=O) groups is 1. The van der Waals surface area contributed by atoms with Crippen molar-refractivity contribution in [1.82, 2.24) is 30.5 Å². The van der Waals surface area contributed by atoms with Crippen LogP contribution < -0.4 is 20.1 Å². The molecule has 4 aliphatic rings. The standard InChI is InChI=1S/C43H42F3N7O5/c1-22-25(5-3-6-26(22)40-51-33-17-31-29(32(18-47)38(33)58-40)10-12-35(31)53-16-15-24(54)21-53)27-7-4-8-30-28(27)11-13-36(30)57-42-39(43(44,45)46)50-34(41(52-42)56-2)20-48-19-23-9-14-37(55)49-23/h3-8,17,23-24,35-36,48,54H,9-16,19-21H2,1-2H3,(H,49,55)/t23-,24-,35-,36+/m1/s1. The maximum Gasteiger partial charge on any atom is 0.438 e. The van der Waals surface area contributed by atoms with Gasteiger partial charge in [-0.3, -0.25) is 9.69 Å². The van der Waals surface area contributed by atoms with Crippen LogP contribution in [0.5, 0.6) is 11.8 Å². The van der Waals surface area contributed by atoms with Gasteiger partial charge in [-0.1, -0.05) is 30.3 Å². The number of methoxy groups -OCH3 is 1. The molecule has 3 N–H and O–H groups in total. The van der Waals surface area contributed by atoms with Crippen LogP contribution in [-0.4, -0.2) is 69.8 Å². The summed E-state index contributed by atoms with van der Waals surface area (Å²) in [5.74, 6) is -0.391. The second-order valence-electron chi connectivity index (χ2n) is 15.6. The van der Waals surface area contributed by atoms with Gasteiger partial charge in [0.15, 0.2) is 5.58 Å². The van der Waals surface area contributed by atoms with Crippen LogP contribution in [-0.2, 0) is 30.4 Å². The van der Waals surface area contributed by atoms with E-state index in [-0.39, 0.29) is 42.2 Å². The number of oxazole rings is 1. The number of alkyl halides is 3. The number of aliphatic hydroxyl groups is 1. The average molecular weight is 794 g/mol. The van der Waals surface area contributed by atoms with Crippen molar-refractivity contribution in [2.24, 2.45) is 0 Å². The summed E-state index contributed by atoms with van der Waals surface area (Å²) >= 11 is 0. The topological polar surface area (TPSA) is 159 Å². The van der Waals surface area contributed by atoms with Gasteiger partial charge in [-0.05, 0) is 96.5 Å². The summed E-state index contributed by atoms with van der Waals surface area (Å²) in [6.07, 6.45) is -1.50. The lowest BCUT2D eigenvalue weighted by Gasteiger charge is -2.24. The Kier molecular flexibility index (Phi) is 9.82. The van der Waals surface area contributed by atoms with E-state index < -0.39 is 23.9 Å². The van der Waals surface area contributed by atoms with Gasteiger partial charge in [0.25, 0.3) is 0 Å². The highest BCUT2D eigenvalue weighted by Crippen LogP contribution is 2.46. The molecule has 2 saturated heterocycles. The van der Waals surface area contributed by atoms with Gasteiger partial charge < -0.3 is 29.6 Å². The molecule has 0 bridgehead atoms. The number of carbonyl (C=O) groups excluding carboxylic acids is 1. The molecule has 2 aromatic heterocycles. The fourth-order valence-electron chi connectivity index (χ4n) is 9.26. The Morgan fingerprint density at radius 1 is 1.00 bits per heavy atom. The average Bonchev–Trinajstić information content (AvgIpc) is 4.06. The number of nitrogens with zero attached hydrogens (tertiary/aromatic N) is 5. The van der Waals surface area contributed by atoms with Crippen LogP contribution in [0.2, 0.25) is 0 Å². The van der Waals surface area contributed by atoms with E-state index >= 15 is 0 Å². The SMILES string of the molecule is COc1nc(O[C@H]2CCc3c(-c4cccc(-c5nc6cc7c(c(C#N)c6o5)CC[C@H]7N5CC[C@@H](O)C5)c4C)cccc32)c(C(F)(F)F)nc1CNC[C@H]1CCC(=O)N1. The summed E-state index contributed by atoms with van der Waals surface area (Å²) in [6.45, 7) is 3.73. The van der Waals surface area contributed by atoms with E-state index in [1.54, 1.807) is 0 Å². The fourth-order valence-corrected chi connectivity index (χ4v) is 9.26. The monoisotopic (exact) mass is 793 g/mol. The molecule has 9 rings (SSSR count). The first-order chi connectivity index (χ1) is 28.0. The molecule has 0 radical (unpaired) electrons. The summed E-state index contributed by atoms with van der Waals surface area (Å²) in [6, 6.07) is 16.0. The molecule has 58 heavy (non-hydrogen) atoms. The van der Waals surface area contributed by atoms with Crippen LogP contribution in [0.15, 0.2) is 46.9 Å². The number of halogens is 3. The number of fused-ring (bicyclic) bond motifs is 3. The molecular weight excluding hydrogens is 752 g/mol. The Bertz CT molecular complexity index is 2480. The molecule has 4 atom stereocenters. The Labute approximate surface area is 332 Å². The highest BCUT2D eigenvalue weighted by atomic mass is 19.4. The van der Waals surface area contributed by atoms with Crippen molar-refractivity contribution in [1.29, 1.82) is 5.26 Å². The number of likely N-dealkylation sites (tertiary alicyclic amines) is 1. The molecule has 3 aromatic carbocycles. The molecule has 2 fully saturated rings. The maximum absolute atomic E-state index is 14.5. The number of benzene rings is 3. The van der Waals surface area contributed by atoms with Gasteiger partial charge in [-0.15, -0.1) is 0 Å². The summed E-state index contributed by atoms with van der Waals surface area (Å²) in [4.78, 5) is 26.9. The van der Waals surface area contributed by atoms with E-state index in [0.717, 1.165) is 70.3 Å². The second kappa shape index (κ2) is 15.0. The van der Waals surface area contributed by atoms with Crippen molar-refractivity contribution in [2.45, 2.75) is 88.9 Å². The lowest BCUT2D eigenvalue weighted by Crippen LogP contribution is -2.35. The first kappa shape index (κ1) is 38.0. The zero-order valence-electron chi connectivity index (χ0n) is 32.1. The number of nitriles is 1. The number of ether oxygens (including phenoxy) is 2. The smallest absolute Gasteiger partial charge is 0.438 e. The fraction of sp³-hybridized carbons (Fsp3) is 0.419. The molecule has 0 saturated carbocycles. The predicted octanol–water partition coefficient (Wildman–Crippen LogP) is 6.65. The molecule has 15 heteroatoms. The summed E-state index contributed by atoms with van der Waals surface area (Å²) in [5.41, 5.74) is 7.61. The Morgan fingerprint density at radius 3 is 2.53 bits per heavy atom. The van der Waals surface area contributed by atoms with E-state index in [9.17, 15) is 28.3 Å². The third-order valence-corrected chi connectivity index (χ3v) is 12.1. The number of rotatable bonds is 10. The van der Waals surface area contributed by atoms with Gasteiger partial charge in [0.2, 0.25) is 29.3 Å². The molecule has 2 aliphatic carbocycles. The largest absolute Gasteiger partial charge is 0.480 e. The minimum atomic E-state index is -4.85. The van der Waals surface area contributed by atoms with Crippen LogP contribution in [0, 0.1) is 18.3 Å². The zero-order valence-corrected chi connectivity index (χ0v) is 32.1. The third kappa shape index (κ3) is 6.82. The maximum atomic E-state index is 14.5. The van der Waals surface area contributed by atoms with Gasteiger partial charge in [-0.2, -0.15) is 23.4 Å². The Hall–Kier alpha value is -5.56. The van der Waals surface area contributed by atoms with Gasteiger partial charge in [-0.25, -0.2) is 9.97 Å². The molecule has 5 aromatic rings. The van der Waals surface area contributed by atoms with Crippen LogP contribution in [0.3, 0.4) is 0 Å². The van der Waals surface area contributed by atoms with Crippen molar-refractivity contribution < 1.29 is 37.0 Å². The number of nitrogens with one attached hydrogen (secondary N) is 2. The van der Waals surface area contributed by atoms with E-state index in [4.69, 9.17) is 18.9 Å². The number of β-amino-alcohol motifs (C(OH)–C–C–N with tert-alkyl or cyclic N) is 1. The molecule has 4 heterocycles. The Morgan fingerprint density at radius 2 is 1.79 bits per heavy atom. The van der Waals surface area contributed by atoms with Crippen LogP contribution in [0.4, 0.5) is 13.2 Å². The molecule has 0 unspecified atom stereocenters. The van der Waals surface area contributed by atoms with Crippen molar-refractivity contribution >= 4 is 17.0 Å². The molecule has 12 nitrogen and oxygen atoms in total. The van der Waals surface area contributed by atoms with E-state index in [1.807, 2.05) is 49.4 Å². The molecule has 0 spiro atoms. The number of amides is 1. The highest BCUT2D eigenvalue weighted by molar-refractivity contribution is 5.86. The zero-order chi connectivity index (χ0) is 40.3. The first-order valence-corrected chi connectivity index (χ1v) is 19.7. The lowest BCUT2D eigenvalue weighted by molar-refractivity contribution is -0.143. The normalized spacial score (nSPS) is 21.6. The van der Waals surface area contributed by atoms with Gasteiger partial charge in [0, 0.05) is 50.2 Å². The van der Waals surface area contributed by atoms with Crippen molar-refractivity contribution in [2.75, 3.05) is 26.7 Å². The van der Waals surface area contributed by atoms with Crippen LogP contribution >= 0.6 is 0 Å². The predicted molar refractivity (Wildman–Crippen MR) is 206 cm³/mol. The van der Waals surface area contributed by atoms with E-state index in [1.165, 1.54) is 7.11 Å². The summed E-state index contributed by atoms with van der Waals surface area (Å²) in [5, 5.41) is 26.4. The first-order valence-electron chi connectivity index (χ1n) is 19.7. The lowest BCUT2D eigenvalue weighted by atomic mass is 9.91. The quantitative estimate of drug-likeness (QED) is 0.139. The van der Waals surface area contributed by atoms with Gasteiger partial charge in [0.1, 0.15) is 28.9 Å². The minimum Gasteiger partial charge on any atom is -0.480 e. The van der Waals surface area contributed by atoms with E-state index in [0.29, 0.717) is 61.3 Å². The number of hydrogen-bond donors (Lipinski definition) is 3. The van der Waals surface area contributed by atoms with Gasteiger partial charge in [0.05, 0.1) is 13.2 Å². The van der Waals surface area contributed by atoms with Crippen LogP contribution in [0.1, 0.15) is 89.0 Å². The van der Waals surface area contributed by atoms with Crippen molar-refractivity contribution in [3.63, 3.8) is 0 Å².